The van der Waals surface area contributed by atoms with Crippen LogP contribution in [0.25, 0.3) is 0 Å². The SMILES string of the molecule is COC[C@H]1C[C@]2(c3cc([N+](=O)[O-])ccc3F)N=C(N)SC[C@@H]2CO1. The van der Waals surface area contributed by atoms with E-state index < -0.39 is 16.3 Å². The van der Waals surface area contributed by atoms with Crippen molar-refractivity contribution in [2.24, 2.45) is 16.6 Å². The van der Waals surface area contributed by atoms with Crippen LogP contribution in [-0.2, 0) is 15.0 Å². The molecule has 0 amide bonds. The van der Waals surface area contributed by atoms with Crippen LogP contribution in [0.1, 0.15) is 12.0 Å². The third kappa shape index (κ3) is 2.99. The number of thioether (sulfide) groups is 1. The monoisotopic (exact) mass is 355 g/mol. The molecule has 3 rings (SSSR count). The summed E-state index contributed by atoms with van der Waals surface area (Å²) in [6.45, 7) is 0.716. The second-order valence-corrected chi connectivity index (χ2v) is 6.96. The zero-order chi connectivity index (χ0) is 17.3. The smallest absolute Gasteiger partial charge is 0.270 e. The van der Waals surface area contributed by atoms with Crippen molar-refractivity contribution in [3.8, 4) is 0 Å². The Labute approximate surface area is 142 Å². The largest absolute Gasteiger partial charge is 0.382 e. The summed E-state index contributed by atoms with van der Waals surface area (Å²) in [5.74, 6) is -0.0107. The molecule has 2 N–H and O–H groups in total. The number of hydrogen-bond donors (Lipinski definition) is 1. The summed E-state index contributed by atoms with van der Waals surface area (Å²) in [4.78, 5) is 15.1. The van der Waals surface area contributed by atoms with E-state index in [4.69, 9.17) is 15.2 Å². The van der Waals surface area contributed by atoms with Crippen molar-refractivity contribution in [1.82, 2.24) is 0 Å². The fraction of sp³-hybridized carbons (Fsp3) is 0.533. The summed E-state index contributed by atoms with van der Waals surface area (Å²) in [5.41, 5.74) is 4.99. The van der Waals surface area contributed by atoms with Gasteiger partial charge in [0.05, 0.1) is 29.8 Å². The minimum absolute atomic E-state index is 0.112. The lowest BCUT2D eigenvalue weighted by atomic mass is 9.73. The molecule has 0 bridgehead atoms. The lowest BCUT2D eigenvalue weighted by molar-refractivity contribution is -0.385. The Hall–Kier alpha value is -1.71. The summed E-state index contributed by atoms with van der Waals surface area (Å²) in [6.07, 6.45) is 0.0924. The lowest BCUT2D eigenvalue weighted by Gasteiger charge is -2.46. The zero-order valence-electron chi connectivity index (χ0n) is 13.1. The lowest BCUT2D eigenvalue weighted by Crippen LogP contribution is -2.50. The molecule has 2 heterocycles. The van der Waals surface area contributed by atoms with Crippen molar-refractivity contribution in [3.05, 3.63) is 39.7 Å². The van der Waals surface area contributed by atoms with Crippen LogP contribution in [0.15, 0.2) is 23.2 Å². The molecule has 7 nitrogen and oxygen atoms in total. The first-order valence-electron chi connectivity index (χ1n) is 7.49. The van der Waals surface area contributed by atoms with Crippen molar-refractivity contribution >= 4 is 22.6 Å². The number of nitrogens with two attached hydrogens (primary N) is 1. The molecule has 24 heavy (non-hydrogen) atoms. The van der Waals surface area contributed by atoms with E-state index in [1.807, 2.05) is 0 Å². The number of amidine groups is 1. The van der Waals surface area contributed by atoms with Gasteiger partial charge in [-0.1, -0.05) is 11.8 Å². The fourth-order valence-electron chi connectivity index (χ4n) is 3.34. The Kier molecular flexibility index (Phi) is 4.75. The van der Waals surface area contributed by atoms with Gasteiger partial charge < -0.3 is 15.2 Å². The van der Waals surface area contributed by atoms with Gasteiger partial charge in [-0.25, -0.2) is 4.39 Å². The Morgan fingerprint density at radius 3 is 3.12 bits per heavy atom. The van der Waals surface area contributed by atoms with E-state index in [1.165, 1.54) is 17.8 Å². The minimum atomic E-state index is -0.965. The molecule has 1 aromatic rings. The Balaban J connectivity index is 2.12. The number of nitro benzene ring substituents is 1. The minimum Gasteiger partial charge on any atom is -0.382 e. The van der Waals surface area contributed by atoms with Crippen LogP contribution in [0.3, 0.4) is 0 Å². The molecule has 0 aromatic heterocycles. The number of halogens is 1. The van der Waals surface area contributed by atoms with Crippen LogP contribution in [0.4, 0.5) is 10.1 Å². The van der Waals surface area contributed by atoms with Crippen LogP contribution in [0, 0.1) is 21.8 Å². The number of non-ortho nitro benzene ring substituents is 1. The third-order valence-corrected chi connectivity index (χ3v) is 5.43. The molecule has 0 aliphatic carbocycles. The van der Waals surface area contributed by atoms with E-state index >= 15 is 0 Å². The van der Waals surface area contributed by atoms with Gasteiger partial charge in [-0.15, -0.1) is 0 Å². The summed E-state index contributed by atoms with van der Waals surface area (Å²) in [6, 6.07) is 3.54. The van der Waals surface area contributed by atoms with Gasteiger partial charge >= 0.3 is 0 Å². The number of rotatable bonds is 4. The number of benzene rings is 1. The number of nitrogens with zero attached hydrogens (tertiary/aromatic N) is 2. The second kappa shape index (κ2) is 6.66. The summed E-state index contributed by atoms with van der Waals surface area (Å²) in [5, 5.41) is 11.5. The highest BCUT2D eigenvalue weighted by atomic mass is 32.2. The molecule has 0 saturated carbocycles. The van der Waals surface area contributed by atoms with E-state index in [9.17, 15) is 14.5 Å². The van der Waals surface area contributed by atoms with Gasteiger partial charge in [-0.05, 0) is 6.07 Å². The first-order valence-corrected chi connectivity index (χ1v) is 8.48. The number of hydrogen-bond acceptors (Lipinski definition) is 7. The molecular weight excluding hydrogens is 337 g/mol. The van der Waals surface area contributed by atoms with Gasteiger partial charge in [0.25, 0.3) is 5.69 Å². The normalized spacial score (nSPS) is 29.7. The van der Waals surface area contributed by atoms with E-state index in [-0.39, 0.29) is 23.3 Å². The molecule has 1 saturated heterocycles. The van der Waals surface area contributed by atoms with Crippen molar-refractivity contribution in [3.63, 3.8) is 0 Å². The van der Waals surface area contributed by atoms with Gasteiger partial charge in [0.15, 0.2) is 5.17 Å². The van der Waals surface area contributed by atoms with Crippen LogP contribution in [0.5, 0.6) is 0 Å². The van der Waals surface area contributed by atoms with Crippen molar-refractivity contribution in [2.75, 3.05) is 26.1 Å². The van der Waals surface area contributed by atoms with Gasteiger partial charge in [0, 0.05) is 42.9 Å². The fourth-order valence-corrected chi connectivity index (χ4v) is 4.31. The predicted molar refractivity (Wildman–Crippen MR) is 88.5 cm³/mol. The van der Waals surface area contributed by atoms with Gasteiger partial charge in [-0.2, -0.15) is 0 Å². The zero-order valence-corrected chi connectivity index (χ0v) is 13.9. The average molecular weight is 355 g/mol. The summed E-state index contributed by atoms with van der Waals surface area (Å²) in [7, 11) is 1.56. The molecule has 0 spiro atoms. The number of methoxy groups -OCH3 is 1. The molecule has 9 heteroatoms. The Morgan fingerprint density at radius 1 is 1.62 bits per heavy atom. The van der Waals surface area contributed by atoms with E-state index in [0.29, 0.717) is 30.6 Å². The highest BCUT2D eigenvalue weighted by molar-refractivity contribution is 8.13. The second-order valence-electron chi connectivity index (χ2n) is 5.92. The highest BCUT2D eigenvalue weighted by Crippen LogP contribution is 2.48. The highest BCUT2D eigenvalue weighted by Gasteiger charge is 2.50. The van der Waals surface area contributed by atoms with Gasteiger partial charge in [0.2, 0.25) is 0 Å². The van der Waals surface area contributed by atoms with Gasteiger partial charge in [-0.3, -0.25) is 15.1 Å². The quantitative estimate of drug-likeness (QED) is 0.655. The van der Waals surface area contributed by atoms with E-state index in [1.54, 1.807) is 7.11 Å². The maximum Gasteiger partial charge on any atom is 0.270 e. The number of ether oxygens (including phenoxy) is 2. The number of aliphatic imine (C=N–C) groups is 1. The maximum absolute atomic E-state index is 14.6. The first-order chi connectivity index (χ1) is 11.5. The Morgan fingerprint density at radius 2 is 2.42 bits per heavy atom. The van der Waals surface area contributed by atoms with E-state index in [2.05, 4.69) is 4.99 Å². The standard InChI is InChI=1S/C15H18FN3O4S/c1-22-7-11-5-15(9(6-23-11)8-24-14(17)18-15)12-4-10(19(20)21)2-3-13(12)16/h2-4,9,11H,5-8H2,1H3,(H2,17,18)/t9-,11+,15-/m0/s1. The number of fused-ring (bicyclic) bond motifs is 1. The van der Waals surface area contributed by atoms with Crippen LogP contribution < -0.4 is 5.73 Å². The molecule has 2 aliphatic rings. The van der Waals surface area contributed by atoms with Crippen LogP contribution >= 0.6 is 11.8 Å². The molecule has 1 fully saturated rings. The predicted octanol–water partition coefficient (Wildman–Crippen LogP) is 2.04. The maximum atomic E-state index is 14.6. The first kappa shape index (κ1) is 17.1. The summed E-state index contributed by atoms with van der Waals surface area (Å²) < 4.78 is 25.5. The third-order valence-electron chi connectivity index (χ3n) is 4.47. The van der Waals surface area contributed by atoms with Crippen molar-refractivity contribution in [2.45, 2.75) is 18.1 Å². The molecular formula is C15H18FN3O4S. The van der Waals surface area contributed by atoms with Crippen LogP contribution in [0.2, 0.25) is 0 Å². The van der Waals surface area contributed by atoms with Crippen molar-refractivity contribution in [1.29, 1.82) is 0 Å². The molecule has 1 aromatic carbocycles. The molecule has 3 atom stereocenters. The van der Waals surface area contributed by atoms with E-state index in [0.717, 1.165) is 12.1 Å². The Bertz CT molecular complexity index is 687. The average Bonchev–Trinajstić information content (AvgIpc) is 2.54. The van der Waals surface area contributed by atoms with Crippen molar-refractivity contribution < 1.29 is 18.8 Å². The molecule has 0 radical (unpaired) electrons. The van der Waals surface area contributed by atoms with Crippen LogP contribution in [-0.4, -0.2) is 42.3 Å². The molecule has 2 aliphatic heterocycles. The summed E-state index contributed by atoms with van der Waals surface area (Å²) >= 11 is 1.39. The molecule has 0 unspecified atom stereocenters. The number of nitro groups is 1. The topological polar surface area (TPSA) is 100.0 Å². The van der Waals surface area contributed by atoms with Gasteiger partial charge in [0.1, 0.15) is 5.82 Å². The molecule has 130 valence electrons.